The Labute approximate surface area is 220 Å². The van der Waals surface area contributed by atoms with Gasteiger partial charge in [0, 0.05) is 33.5 Å². The first-order valence-electron chi connectivity index (χ1n) is 11.1. The molecular weight excluding hydrogens is 519 g/mol. The zero-order chi connectivity index (χ0) is 27.4. The Morgan fingerprint density at radius 2 is 1.74 bits per heavy atom. The number of hydrogen-bond acceptors (Lipinski definition) is 7. The van der Waals surface area contributed by atoms with E-state index in [1.54, 1.807) is 42.5 Å². The lowest BCUT2D eigenvalue weighted by molar-refractivity contribution is -0.385. The summed E-state index contributed by atoms with van der Waals surface area (Å²) in [5.41, 5.74) is 5.80. The van der Waals surface area contributed by atoms with E-state index in [4.69, 9.17) is 16.0 Å². The van der Waals surface area contributed by atoms with Crippen molar-refractivity contribution >= 4 is 34.8 Å². The van der Waals surface area contributed by atoms with Gasteiger partial charge in [-0.1, -0.05) is 29.8 Å². The number of nitro benzene ring substituents is 1. The number of phenols is 1. The number of anilines is 1. The van der Waals surface area contributed by atoms with Gasteiger partial charge in [-0.3, -0.25) is 30.6 Å². The minimum absolute atomic E-state index is 0.0840. The number of rotatable bonds is 7. The number of carbonyl (C=O) groups is 2. The van der Waals surface area contributed by atoms with E-state index in [1.165, 1.54) is 18.4 Å². The molecule has 0 saturated carbocycles. The lowest BCUT2D eigenvalue weighted by atomic mass is 10.0. The molecule has 0 bridgehead atoms. The SMILES string of the molecule is C[C@H](Nc1ccc(-c2ccoc2C(=O)NNC(=O)c2ccc(O)c([N+](=O)[O-])c2)cc1)c1ccc(Cl)cc1F. The maximum atomic E-state index is 14.2. The summed E-state index contributed by atoms with van der Waals surface area (Å²) in [6, 6.07) is 15.8. The molecule has 4 N–H and O–H groups in total. The van der Waals surface area contributed by atoms with E-state index in [9.17, 15) is 29.2 Å². The molecule has 4 rings (SSSR count). The number of phenolic OH excluding ortho intramolecular Hbond substituents is 1. The van der Waals surface area contributed by atoms with Crippen molar-refractivity contribution in [2.45, 2.75) is 13.0 Å². The van der Waals surface area contributed by atoms with Crippen LogP contribution in [-0.2, 0) is 0 Å². The second-order valence-corrected chi connectivity index (χ2v) is 8.58. The largest absolute Gasteiger partial charge is 0.502 e. The van der Waals surface area contributed by atoms with Crippen molar-refractivity contribution < 1.29 is 28.4 Å². The van der Waals surface area contributed by atoms with Crippen LogP contribution in [0.2, 0.25) is 5.02 Å². The van der Waals surface area contributed by atoms with Crippen molar-refractivity contribution in [1.29, 1.82) is 0 Å². The first-order chi connectivity index (χ1) is 18.1. The number of hydrogen-bond donors (Lipinski definition) is 4. The summed E-state index contributed by atoms with van der Waals surface area (Å²) in [4.78, 5) is 35.1. The van der Waals surface area contributed by atoms with E-state index >= 15 is 0 Å². The highest BCUT2D eigenvalue weighted by Gasteiger charge is 2.20. The second kappa shape index (κ2) is 11.0. The topological polar surface area (TPSA) is 147 Å². The molecule has 3 aromatic carbocycles. The van der Waals surface area contributed by atoms with Crippen LogP contribution >= 0.6 is 11.6 Å². The highest BCUT2D eigenvalue weighted by atomic mass is 35.5. The third-order valence-electron chi connectivity index (χ3n) is 5.60. The van der Waals surface area contributed by atoms with Gasteiger partial charge in [-0.2, -0.15) is 0 Å². The molecule has 0 aliphatic rings. The number of hydrazine groups is 1. The lowest BCUT2D eigenvalue weighted by Crippen LogP contribution is -2.41. The van der Waals surface area contributed by atoms with Crippen molar-refractivity contribution in [3.63, 3.8) is 0 Å². The Bertz CT molecular complexity index is 1520. The van der Waals surface area contributed by atoms with Crippen molar-refractivity contribution in [3.8, 4) is 16.9 Å². The van der Waals surface area contributed by atoms with E-state index in [1.807, 2.05) is 6.92 Å². The smallest absolute Gasteiger partial charge is 0.311 e. The molecule has 0 radical (unpaired) electrons. The molecule has 1 aromatic heterocycles. The van der Waals surface area contributed by atoms with Gasteiger partial charge in [-0.15, -0.1) is 0 Å². The van der Waals surface area contributed by atoms with E-state index in [0.29, 0.717) is 27.4 Å². The molecular formula is C26H20ClFN4O6. The summed E-state index contributed by atoms with van der Waals surface area (Å²) in [6.45, 7) is 1.81. The molecule has 12 heteroatoms. The van der Waals surface area contributed by atoms with Gasteiger partial charge < -0.3 is 14.8 Å². The monoisotopic (exact) mass is 538 g/mol. The van der Waals surface area contributed by atoms with E-state index in [0.717, 1.165) is 12.1 Å². The Hall–Kier alpha value is -4.90. The second-order valence-electron chi connectivity index (χ2n) is 8.14. The number of furan rings is 1. The van der Waals surface area contributed by atoms with Crippen LogP contribution in [0.15, 0.2) is 77.4 Å². The van der Waals surface area contributed by atoms with E-state index in [2.05, 4.69) is 16.2 Å². The summed E-state index contributed by atoms with van der Waals surface area (Å²) < 4.78 is 19.5. The van der Waals surface area contributed by atoms with Crippen LogP contribution in [0.1, 0.15) is 39.4 Å². The van der Waals surface area contributed by atoms with Crippen LogP contribution < -0.4 is 16.2 Å². The molecule has 0 aliphatic heterocycles. The summed E-state index contributed by atoms with van der Waals surface area (Å²) in [5, 5.41) is 24.0. The Morgan fingerprint density at radius 1 is 1.03 bits per heavy atom. The van der Waals surface area contributed by atoms with Crippen LogP contribution in [0.4, 0.5) is 15.8 Å². The molecule has 0 unspecified atom stereocenters. The zero-order valence-corrected chi connectivity index (χ0v) is 20.5. The summed E-state index contributed by atoms with van der Waals surface area (Å²) in [7, 11) is 0. The minimum Gasteiger partial charge on any atom is -0.502 e. The number of carbonyl (C=O) groups excluding carboxylic acids is 2. The molecule has 4 aromatic rings. The number of benzene rings is 3. The summed E-state index contributed by atoms with van der Waals surface area (Å²) in [5.74, 6) is -2.70. The van der Waals surface area contributed by atoms with Crippen LogP contribution in [0.25, 0.3) is 11.1 Å². The van der Waals surface area contributed by atoms with Gasteiger partial charge in [0.1, 0.15) is 5.82 Å². The Morgan fingerprint density at radius 3 is 2.42 bits per heavy atom. The average Bonchev–Trinajstić information content (AvgIpc) is 3.37. The van der Waals surface area contributed by atoms with Crippen molar-refractivity contribution in [2.75, 3.05) is 5.32 Å². The van der Waals surface area contributed by atoms with Gasteiger partial charge in [0.25, 0.3) is 5.91 Å². The Kier molecular flexibility index (Phi) is 7.58. The Balaban J connectivity index is 1.42. The quantitative estimate of drug-likeness (QED) is 0.177. The molecule has 2 amide bonds. The minimum atomic E-state index is -0.837. The van der Waals surface area contributed by atoms with Crippen LogP contribution in [-0.4, -0.2) is 21.8 Å². The van der Waals surface area contributed by atoms with Crippen molar-refractivity contribution in [1.82, 2.24) is 10.9 Å². The van der Waals surface area contributed by atoms with Gasteiger partial charge in [0.2, 0.25) is 5.76 Å². The number of halogens is 2. The molecule has 10 nitrogen and oxygen atoms in total. The fourth-order valence-corrected chi connectivity index (χ4v) is 3.85. The number of nitrogens with zero attached hydrogens (tertiary/aromatic N) is 1. The zero-order valence-electron chi connectivity index (χ0n) is 19.7. The van der Waals surface area contributed by atoms with Gasteiger partial charge >= 0.3 is 11.6 Å². The molecule has 0 fully saturated rings. The van der Waals surface area contributed by atoms with Gasteiger partial charge in [-0.25, -0.2) is 4.39 Å². The predicted octanol–water partition coefficient (Wildman–Crippen LogP) is 5.60. The van der Waals surface area contributed by atoms with Crippen LogP contribution in [0.5, 0.6) is 5.75 Å². The van der Waals surface area contributed by atoms with Crippen LogP contribution in [0, 0.1) is 15.9 Å². The van der Waals surface area contributed by atoms with Crippen molar-refractivity contribution in [3.05, 3.63) is 111 Å². The third kappa shape index (κ3) is 5.73. The molecule has 1 heterocycles. The molecule has 0 aliphatic carbocycles. The van der Waals surface area contributed by atoms with Crippen LogP contribution in [0.3, 0.4) is 0 Å². The summed E-state index contributed by atoms with van der Waals surface area (Å²) >= 11 is 5.82. The average molecular weight is 539 g/mol. The molecule has 0 spiro atoms. The first kappa shape index (κ1) is 26.2. The standard InChI is InChI=1S/C26H20ClFN4O6/c1-14(19-8-5-17(27)13-21(19)28)29-18-6-2-15(3-7-18)20-10-11-38-24(20)26(35)31-30-25(34)16-4-9-23(33)22(12-16)32(36)37/h2-14,29,33H,1H3,(H,30,34)(H,31,35)/t14-/m0/s1. The maximum Gasteiger partial charge on any atom is 0.311 e. The maximum absolute atomic E-state index is 14.2. The lowest BCUT2D eigenvalue weighted by Gasteiger charge is -2.17. The predicted molar refractivity (Wildman–Crippen MR) is 137 cm³/mol. The van der Waals surface area contributed by atoms with Gasteiger partial charge in [-0.05, 0) is 55.0 Å². The van der Waals surface area contributed by atoms with E-state index < -0.39 is 34.0 Å². The summed E-state index contributed by atoms with van der Waals surface area (Å²) in [6.07, 6.45) is 1.31. The van der Waals surface area contributed by atoms with Crippen molar-refractivity contribution in [2.24, 2.45) is 0 Å². The molecule has 0 saturated heterocycles. The highest BCUT2D eigenvalue weighted by molar-refractivity contribution is 6.30. The van der Waals surface area contributed by atoms with Gasteiger partial charge in [0.05, 0.1) is 17.2 Å². The number of nitrogens with one attached hydrogen (secondary N) is 3. The van der Waals surface area contributed by atoms with Gasteiger partial charge in [0.15, 0.2) is 5.75 Å². The van der Waals surface area contributed by atoms with E-state index in [-0.39, 0.29) is 17.4 Å². The molecule has 38 heavy (non-hydrogen) atoms. The third-order valence-corrected chi connectivity index (χ3v) is 5.84. The number of aromatic hydroxyl groups is 1. The molecule has 1 atom stereocenters. The number of amides is 2. The highest BCUT2D eigenvalue weighted by Crippen LogP contribution is 2.29. The molecule has 194 valence electrons. The fraction of sp³-hybridized carbons (Fsp3) is 0.0769. The normalized spacial score (nSPS) is 11.4. The first-order valence-corrected chi connectivity index (χ1v) is 11.5. The number of nitro groups is 1. The fourth-order valence-electron chi connectivity index (χ4n) is 3.69.